The maximum absolute atomic E-state index is 10.8. The Balaban J connectivity index is 2.08. The van der Waals surface area contributed by atoms with Gasteiger partial charge in [0, 0.05) is 50.6 Å². The molecule has 4 rings (SSSR count). The number of aliphatic hydroxyl groups is 1. The van der Waals surface area contributed by atoms with Gasteiger partial charge in [0.1, 0.15) is 0 Å². The van der Waals surface area contributed by atoms with Crippen molar-refractivity contribution in [2.75, 3.05) is 39.3 Å². The highest BCUT2D eigenvalue weighted by Gasteiger charge is 2.62. The second-order valence-electron chi connectivity index (χ2n) is 5.68. The van der Waals surface area contributed by atoms with E-state index >= 15 is 0 Å². The van der Waals surface area contributed by atoms with E-state index < -0.39 is 5.60 Å². The van der Waals surface area contributed by atoms with Crippen LogP contribution in [0, 0.1) is 22.7 Å². The van der Waals surface area contributed by atoms with Crippen LogP contribution < -0.4 is 0 Å². The van der Waals surface area contributed by atoms with Crippen molar-refractivity contribution in [1.82, 2.24) is 9.80 Å². The normalized spacial score (nSPS) is 54.7. The maximum atomic E-state index is 10.8. The van der Waals surface area contributed by atoms with Crippen molar-refractivity contribution >= 4 is 0 Å². The Hall–Kier alpha value is -0.630. The third-order valence-corrected chi connectivity index (χ3v) is 4.99. The van der Waals surface area contributed by atoms with Gasteiger partial charge in [0.15, 0.2) is 5.60 Å². The predicted molar refractivity (Wildman–Crippen MR) is 59.7 cm³/mol. The molecule has 2 unspecified atom stereocenters. The Bertz CT molecular complexity index is 335. The molecule has 0 aromatic heterocycles. The van der Waals surface area contributed by atoms with Crippen molar-refractivity contribution in [3.8, 4) is 6.07 Å². The lowest BCUT2D eigenvalue weighted by Gasteiger charge is -2.57. The van der Waals surface area contributed by atoms with Crippen LogP contribution >= 0.6 is 0 Å². The monoisotopic (exact) mass is 221 g/mol. The van der Waals surface area contributed by atoms with E-state index in [1.54, 1.807) is 0 Å². The average Bonchev–Trinajstić information content (AvgIpc) is 2.54. The molecule has 4 aliphatic rings. The molecule has 4 nitrogen and oxygen atoms in total. The highest BCUT2D eigenvalue weighted by Crippen LogP contribution is 2.49. The average molecular weight is 221 g/mol. The standard InChI is InChI=1S/C12H19N3O/c1-2-11-8-14-3-4-15(9-11)6-10(5-14)12(11,16)7-13/h10,16H,2-6,8-9H2,1H3/t10?,11?,12-/m1/s1. The van der Waals surface area contributed by atoms with E-state index in [9.17, 15) is 10.4 Å². The molecule has 0 aliphatic carbocycles. The lowest BCUT2D eigenvalue weighted by molar-refractivity contribution is -0.165. The fraction of sp³-hybridized carbons (Fsp3) is 0.917. The lowest BCUT2D eigenvalue weighted by atomic mass is 9.59. The van der Waals surface area contributed by atoms with Crippen molar-refractivity contribution in [2.45, 2.75) is 18.9 Å². The molecule has 4 bridgehead atoms. The molecule has 0 saturated carbocycles. The van der Waals surface area contributed by atoms with Gasteiger partial charge < -0.3 is 14.9 Å². The van der Waals surface area contributed by atoms with E-state index in [4.69, 9.17) is 0 Å². The Morgan fingerprint density at radius 1 is 1.31 bits per heavy atom. The van der Waals surface area contributed by atoms with Gasteiger partial charge in [0.2, 0.25) is 0 Å². The number of hydrogen-bond donors (Lipinski definition) is 1. The van der Waals surface area contributed by atoms with Crippen LogP contribution in [0.25, 0.3) is 0 Å². The summed E-state index contributed by atoms with van der Waals surface area (Å²) < 4.78 is 0. The van der Waals surface area contributed by atoms with E-state index in [1.807, 2.05) is 0 Å². The molecular weight excluding hydrogens is 202 g/mol. The zero-order valence-corrected chi connectivity index (χ0v) is 9.82. The molecule has 16 heavy (non-hydrogen) atoms. The number of fused-ring (bicyclic) bond motifs is 1. The van der Waals surface area contributed by atoms with E-state index in [-0.39, 0.29) is 11.3 Å². The first kappa shape index (κ1) is 10.5. The topological polar surface area (TPSA) is 50.5 Å². The molecule has 4 fully saturated rings. The molecule has 4 aliphatic heterocycles. The van der Waals surface area contributed by atoms with Crippen molar-refractivity contribution in [3.05, 3.63) is 0 Å². The Kier molecular flexibility index (Phi) is 2.10. The SMILES string of the molecule is CCC12CN3CCN(CC(C3)[C@]1(O)C#N)C2. The van der Waals surface area contributed by atoms with Gasteiger partial charge in [-0.15, -0.1) is 0 Å². The molecule has 3 atom stereocenters. The van der Waals surface area contributed by atoms with Gasteiger partial charge >= 0.3 is 0 Å². The zero-order valence-electron chi connectivity index (χ0n) is 9.82. The van der Waals surface area contributed by atoms with Crippen LogP contribution in [0.2, 0.25) is 0 Å². The Morgan fingerprint density at radius 2 is 1.88 bits per heavy atom. The third kappa shape index (κ3) is 1.09. The fourth-order valence-electron chi connectivity index (χ4n) is 3.98. The minimum atomic E-state index is -1.10. The summed E-state index contributed by atoms with van der Waals surface area (Å²) in [6, 6.07) is 2.25. The van der Waals surface area contributed by atoms with Gasteiger partial charge in [0.25, 0.3) is 0 Å². The molecule has 0 aromatic rings. The maximum Gasteiger partial charge on any atom is 0.164 e. The molecule has 4 heteroatoms. The first-order valence-corrected chi connectivity index (χ1v) is 6.22. The lowest BCUT2D eigenvalue weighted by Crippen LogP contribution is -2.70. The van der Waals surface area contributed by atoms with Gasteiger partial charge in [0.05, 0.1) is 6.07 Å². The van der Waals surface area contributed by atoms with E-state index in [2.05, 4.69) is 22.8 Å². The molecule has 0 aromatic carbocycles. The van der Waals surface area contributed by atoms with Crippen molar-refractivity contribution < 1.29 is 5.11 Å². The molecule has 4 heterocycles. The summed E-state index contributed by atoms with van der Waals surface area (Å²) in [5, 5.41) is 20.2. The summed E-state index contributed by atoms with van der Waals surface area (Å²) >= 11 is 0. The van der Waals surface area contributed by atoms with Gasteiger partial charge in [-0.2, -0.15) is 5.26 Å². The molecule has 0 amide bonds. The quantitative estimate of drug-likeness (QED) is 0.628. The molecule has 4 saturated heterocycles. The first-order valence-electron chi connectivity index (χ1n) is 6.22. The van der Waals surface area contributed by atoms with Crippen LogP contribution in [0.15, 0.2) is 0 Å². The summed E-state index contributed by atoms with van der Waals surface area (Å²) in [5.41, 5.74) is -1.32. The van der Waals surface area contributed by atoms with Crippen LogP contribution in [-0.4, -0.2) is 59.8 Å². The number of rotatable bonds is 1. The largest absolute Gasteiger partial charge is 0.374 e. The smallest absolute Gasteiger partial charge is 0.164 e. The van der Waals surface area contributed by atoms with E-state index in [0.717, 1.165) is 45.7 Å². The van der Waals surface area contributed by atoms with Crippen LogP contribution in [0.4, 0.5) is 0 Å². The minimum absolute atomic E-state index is 0.113. The fourth-order valence-corrected chi connectivity index (χ4v) is 3.98. The second-order valence-corrected chi connectivity index (χ2v) is 5.68. The van der Waals surface area contributed by atoms with Crippen LogP contribution in [-0.2, 0) is 0 Å². The van der Waals surface area contributed by atoms with Crippen molar-refractivity contribution in [2.24, 2.45) is 11.3 Å². The summed E-state index contributed by atoms with van der Waals surface area (Å²) in [5.74, 6) is 0.113. The van der Waals surface area contributed by atoms with Gasteiger partial charge in [-0.05, 0) is 6.42 Å². The van der Waals surface area contributed by atoms with Crippen LogP contribution in [0.5, 0.6) is 0 Å². The number of nitriles is 1. The summed E-state index contributed by atoms with van der Waals surface area (Å²) in [6.07, 6.45) is 0.889. The van der Waals surface area contributed by atoms with E-state index in [1.165, 1.54) is 0 Å². The molecule has 88 valence electrons. The van der Waals surface area contributed by atoms with Crippen molar-refractivity contribution in [1.29, 1.82) is 5.26 Å². The Labute approximate surface area is 96.4 Å². The second kappa shape index (κ2) is 3.19. The van der Waals surface area contributed by atoms with Gasteiger partial charge in [-0.25, -0.2) is 0 Å². The molecular formula is C12H19N3O. The number of piperidine rings is 2. The summed E-state index contributed by atoms with van der Waals surface area (Å²) in [6.45, 7) is 7.86. The highest BCUT2D eigenvalue weighted by atomic mass is 16.3. The van der Waals surface area contributed by atoms with Gasteiger partial charge in [-0.3, -0.25) is 0 Å². The molecule has 0 radical (unpaired) electrons. The van der Waals surface area contributed by atoms with Crippen molar-refractivity contribution in [3.63, 3.8) is 0 Å². The molecule has 1 N–H and O–H groups in total. The third-order valence-electron chi connectivity index (χ3n) is 4.99. The van der Waals surface area contributed by atoms with Crippen LogP contribution in [0.3, 0.4) is 0 Å². The summed E-state index contributed by atoms with van der Waals surface area (Å²) in [7, 11) is 0. The highest BCUT2D eigenvalue weighted by molar-refractivity contribution is 5.22. The molecule has 0 spiro atoms. The number of hydrogen-bond acceptors (Lipinski definition) is 4. The zero-order chi connectivity index (χ0) is 11.4. The minimum Gasteiger partial charge on any atom is -0.374 e. The Morgan fingerprint density at radius 3 is 2.31 bits per heavy atom. The predicted octanol–water partition coefficient (Wildman–Crippen LogP) is -0.102. The first-order chi connectivity index (χ1) is 7.63. The van der Waals surface area contributed by atoms with Crippen LogP contribution in [0.1, 0.15) is 13.3 Å². The summed E-state index contributed by atoms with van der Waals surface area (Å²) in [4.78, 5) is 4.87. The number of nitrogens with zero attached hydrogens (tertiary/aromatic N) is 3. The van der Waals surface area contributed by atoms with Gasteiger partial charge in [-0.1, -0.05) is 6.92 Å². The van der Waals surface area contributed by atoms with E-state index in [0.29, 0.717) is 0 Å².